The van der Waals surface area contributed by atoms with Gasteiger partial charge in [0.2, 0.25) is 0 Å². The van der Waals surface area contributed by atoms with Crippen LogP contribution in [-0.4, -0.2) is 52.9 Å². The second kappa shape index (κ2) is 4.83. The van der Waals surface area contributed by atoms with Gasteiger partial charge >= 0.3 is 0 Å². The molecule has 1 aromatic heterocycles. The van der Waals surface area contributed by atoms with Crippen molar-refractivity contribution in [3.63, 3.8) is 0 Å². The number of aromatic nitrogens is 3. The first-order valence-corrected chi connectivity index (χ1v) is 5.92. The number of nitrogens with zero attached hydrogens (tertiary/aromatic N) is 3. The van der Waals surface area contributed by atoms with Crippen molar-refractivity contribution in [3.8, 4) is 0 Å². The lowest BCUT2D eigenvalue weighted by Gasteiger charge is -2.37. The lowest BCUT2D eigenvalue weighted by Crippen LogP contribution is -2.43. The van der Waals surface area contributed by atoms with Crippen molar-refractivity contribution in [2.45, 2.75) is 19.8 Å². The molecule has 1 fully saturated rings. The number of aromatic amines is 1. The number of carbonyl (C=O) groups is 1. The molecule has 1 aromatic rings. The van der Waals surface area contributed by atoms with Gasteiger partial charge in [-0.3, -0.25) is 4.79 Å². The van der Waals surface area contributed by atoms with Crippen LogP contribution in [0, 0.1) is 5.41 Å². The molecule has 1 saturated heterocycles. The van der Waals surface area contributed by atoms with Gasteiger partial charge in [0.05, 0.1) is 6.20 Å². The zero-order valence-electron chi connectivity index (χ0n) is 10.4. The summed E-state index contributed by atoms with van der Waals surface area (Å²) in [5.74, 6) is -0.154. The first-order valence-electron chi connectivity index (χ1n) is 5.92. The van der Waals surface area contributed by atoms with Crippen LogP contribution >= 0.6 is 0 Å². The van der Waals surface area contributed by atoms with Gasteiger partial charge in [-0.05, 0) is 38.4 Å². The first kappa shape index (κ1) is 12.0. The third-order valence-corrected chi connectivity index (χ3v) is 3.52. The van der Waals surface area contributed by atoms with Crippen molar-refractivity contribution >= 4 is 5.91 Å². The van der Waals surface area contributed by atoms with Crippen LogP contribution in [0.25, 0.3) is 0 Å². The quantitative estimate of drug-likeness (QED) is 0.791. The first-order chi connectivity index (χ1) is 8.09. The Kier molecular flexibility index (Phi) is 3.42. The highest BCUT2D eigenvalue weighted by molar-refractivity contribution is 5.91. The van der Waals surface area contributed by atoms with Crippen LogP contribution in [0.3, 0.4) is 0 Å². The van der Waals surface area contributed by atoms with Gasteiger partial charge in [-0.15, -0.1) is 0 Å². The van der Waals surface area contributed by atoms with Gasteiger partial charge < -0.3 is 10.2 Å². The van der Waals surface area contributed by atoms with Crippen molar-refractivity contribution in [1.82, 2.24) is 25.6 Å². The second-order valence-corrected chi connectivity index (χ2v) is 5.15. The van der Waals surface area contributed by atoms with Gasteiger partial charge in [0.1, 0.15) is 0 Å². The highest BCUT2D eigenvalue weighted by Gasteiger charge is 2.29. The van der Waals surface area contributed by atoms with E-state index < -0.39 is 0 Å². The lowest BCUT2D eigenvalue weighted by atomic mass is 9.80. The average Bonchev–Trinajstić information content (AvgIpc) is 2.84. The Morgan fingerprint density at radius 1 is 1.59 bits per heavy atom. The minimum atomic E-state index is -0.154. The Bertz CT molecular complexity index is 367. The van der Waals surface area contributed by atoms with Crippen LogP contribution < -0.4 is 5.32 Å². The zero-order valence-corrected chi connectivity index (χ0v) is 10.4. The Balaban J connectivity index is 1.83. The van der Waals surface area contributed by atoms with E-state index >= 15 is 0 Å². The molecule has 6 nitrogen and oxygen atoms in total. The molecular weight excluding hydrogens is 218 g/mol. The monoisotopic (exact) mass is 237 g/mol. The van der Waals surface area contributed by atoms with Crippen LogP contribution in [-0.2, 0) is 0 Å². The third-order valence-electron chi connectivity index (χ3n) is 3.52. The van der Waals surface area contributed by atoms with E-state index in [2.05, 4.69) is 39.6 Å². The smallest absolute Gasteiger partial charge is 0.273 e. The lowest BCUT2D eigenvalue weighted by molar-refractivity contribution is 0.0887. The maximum absolute atomic E-state index is 11.7. The molecule has 0 radical (unpaired) electrons. The minimum Gasteiger partial charge on any atom is -0.350 e. The highest BCUT2D eigenvalue weighted by atomic mass is 16.1. The number of hydrogen-bond acceptors (Lipinski definition) is 4. The van der Waals surface area contributed by atoms with Crippen molar-refractivity contribution < 1.29 is 4.79 Å². The largest absolute Gasteiger partial charge is 0.350 e. The van der Waals surface area contributed by atoms with E-state index in [1.54, 1.807) is 0 Å². The van der Waals surface area contributed by atoms with Gasteiger partial charge in [0.25, 0.3) is 5.91 Å². The molecule has 1 amide bonds. The molecule has 0 aliphatic carbocycles. The SMILES string of the molecule is CN1CCC(C)(CNC(=O)c2cn[nH]n2)CC1. The molecule has 0 saturated carbocycles. The number of nitrogens with one attached hydrogen (secondary N) is 2. The molecule has 0 spiro atoms. The number of rotatable bonds is 3. The fourth-order valence-corrected chi connectivity index (χ4v) is 2.03. The summed E-state index contributed by atoms with van der Waals surface area (Å²) in [6.45, 7) is 5.11. The van der Waals surface area contributed by atoms with Gasteiger partial charge in [-0.1, -0.05) is 6.92 Å². The molecule has 94 valence electrons. The number of carbonyl (C=O) groups excluding carboxylic acids is 1. The topological polar surface area (TPSA) is 73.9 Å². The van der Waals surface area contributed by atoms with Gasteiger partial charge in [-0.2, -0.15) is 15.4 Å². The fraction of sp³-hybridized carbons (Fsp3) is 0.727. The van der Waals surface area contributed by atoms with E-state index in [1.165, 1.54) is 6.20 Å². The number of amides is 1. The third kappa shape index (κ3) is 3.03. The van der Waals surface area contributed by atoms with E-state index in [0.717, 1.165) is 25.9 Å². The van der Waals surface area contributed by atoms with E-state index in [4.69, 9.17) is 0 Å². The summed E-state index contributed by atoms with van der Waals surface area (Å²) in [5, 5.41) is 12.7. The Morgan fingerprint density at radius 3 is 2.88 bits per heavy atom. The van der Waals surface area contributed by atoms with Crippen LogP contribution in [0.1, 0.15) is 30.3 Å². The maximum atomic E-state index is 11.7. The van der Waals surface area contributed by atoms with Crippen molar-refractivity contribution in [1.29, 1.82) is 0 Å². The fourth-order valence-electron chi connectivity index (χ4n) is 2.03. The van der Waals surface area contributed by atoms with Crippen LogP contribution in [0.2, 0.25) is 0 Å². The number of hydrogen-bond donors (Lipinski definition) is 2. The summed E-state index contributed by atoms with van der Waals surface area (Å²) >= 11 is 0. The molecule has 2 rings (SSSR count). The predicted octanol–water partition coefficient (Wildman–Crippen LogP) is 0.266. The molecule has 1 aliphatic rings. The Morgan fingerprint density at radius 2 is 2.29 bits per heavy atom. The maximum Gasteiger partial charge on any atom is 0.273 e. The van der Waals surface area contributed by atoms with Crippen molar-refractivity contribution in [2.24, 2.45) is 5.41 Å². The molecule has 6 heteroatoms. The van der Waals surface area contributed by atoms with Gasteiger partial charge in [0.15, 0.2) is 5.69 Å². The molecule has 2 heterocycles. The summed E-state index contributed by atoms with van der Waals surface area (Å²) in [6.07, 6.45) is 3.66. The summed E-state index contributed by atoms with van der Waals surface area (Å²) in [6, 6.07) is 0. The van der Waals surface area contributed by atoms with E-state index in [9.17, 15) is 4.79 Å². The molecular formula is C11H19N5O. The highest BCUT2D eigenvalue weighted by Crippen LogP contribution is 2.29. The Labute approximate surface area is 101 Å². The number of likely N-dealkylation sites (tertiary alicyclic amines) is 1. The number of piperidine rings is 1. The van der Waals surface area contributed by atoms with Crippen LogP contribution in [0.5, 0.6) is 0 Å². The normalized spacial score (nSPS) is 20.1. The summed E-state index contributed by atoms with van der Waals surface area (Å²) in [5.41, 5.74) is 0.549. The average molecular weight is 237 g/mol. The number of H-pyrrole nitrogens is 1. The molecule has 0 atom stereocenters. The zero-order chi connectivity index (χ0) is 12.3. The van der Waals surface area contributed by atoms with E-state index in [0.29, 0.717) is 12.2 Å². The van der Waals surface area contributed by atoms with Gasteiger partial charge in [-0.25, -0.2) is 0 Å². The van der Waals surface area contributed by atoms with Gasteiger partial charge in [0, 0.05) is 6.54 Å². The van der Waals surface area contributed by atoms with Crippen LogP contribution in [0.4, 0.5) is 0 Å². The van der Waals surface area contributed by atoms with Crippen molar-refractivity contribution in [2.75, 3.05) is 26.7 Å². The predicted molar refractivity (Wildman–Crippen MR) is 63.6 cm³/mol. The Hall–Kier alpha value is -1.43. The molecule has 0 unspecified atom stereocenters. The minimum absolute atomic E-state index is 0.154. The summed E-state index contributed by atoms with van der Waals surface area (Å²) in [4.78, 5) is 14.0. The van der Waals surface area contributed by atoms with E-state index in [1.807, 2.05) is 0 Å². The molecule has 1 aliphatic heterocycles. The molecule has 0 bridgehead atoms. The summed E-state index contributed by atoms with van der Waals surface area (Å²) in [7, 11) is 2.13. The second-order valence-electron chi connectivity index (χ2n) is 5.15. The van der Waals surface area contributed by atoms with Crippen LogP contribution in [0.15, 0.2) is 6.20 Å². The molecule has 2 N–H and O–H groups in total. The molecule has 0 aromatic carbocycles. The van der Waals surface area contributed by atoms with E-state index in [-0.39, 0.29) is 11.3 Å². The van der Waals surface area contributed by atoms with Crippen molar-refractivity contribution in [3.05, 3.63) is 11.9 Å². The summed E-state index contributed by atoms with van der Waals surface area (Å²) < 4.78 is 0. The molecule has 17 heavy (non-hydrogen) atoms. The standard InChI is InChI=1S/C11H19N5O/c1-11(3-5-16(2)6-4-11)8-12-10(17)9-7-13-15-14-9/h7H,3-6,8H2,1-2H3,(H,12,17)(H,13,14,15).